The van der Waals surface area contributed by atoms with Gasteiger partial charge in [0.15, 0.2) is 17.5 Å². The molecular formula is C18H24N4O2. The maximum atomic E-state index is 5.53. The van der Waals surface area contributed by atoms with E-state index >= 15 is 0 Å². The molecule has 2 rings (SSSR count). The van der Waals surface area contributed by atoms with E-state index in [2.05, 4.69) is 20.6 Å². The molecule has 0 aliphatic heterocycles. The summed E-state index contributed by atoms with van der Waals surface area (Å²) in [6.07, 6.45) is 1.79. The second kappa shape index (κ2) is 8.76. The fourth-order valence-electron chi connectivity index (χ4n) is 2.21. The van der Waals surface area contributed by atoms with E-state index in [1.807, 2.05) is 44.2 Å². The highest BCUT2D eigenvalue weighted by Gasteiger charge is 2.07. The summed E-state index contributed by atoms with van der Waals surface area (Å²) in [5.74, 6) is 2.06. The van der Waals surface area contributed by atoms with Crippen molar-refractivity contribution in [2.24, 2.45) is 4.99 Å². The first kappa shape index (κ1) is 17.6. The Bertz CT molecular complexity index is 701. The Morgan fingerprint density at radius 2 is 2.08 bits per heavy atom. The number of guanidine groups is 1. The van der Waals surface area contributed by atoms with Crippen LogP contribution in [0.1, 0.15) is 18.2 Å². The fraction of sp³-hybridized carbons (Fsp3) is 0.333. The van der Waals surface area contributed by atoms with Crippen LogP contribution in [0.25, 0.3) is 0 Å². The van der Waals surface area contributed by atoms with E-state index in [4.69, 9.17) is 9.47 Å². The molecule has 0 aliphatic rings. The standard InChI is InChI=1S/C18H24N4O2/c1-5-24-16-9-8-14(11-17(16)23-4)22-18(19-3)21-12-15-13(2)7-6-10-20-15/h6-11H,5,12H2,1-4H3,(H2,19,21,22). The maximum absolute atomic E-state index is 5.53. The summed E-state index contributed by atoms with van der Waals surface area (Å²) in [7, 11) is 3.35. The number of methoxy groups -OCH3 is 1. The first-order valence-electron chi connectivity index (χ1n) is 7.87. The van der Waals surface area contributed by atoms with E-state index in [0.29, 0.717) is 24.9 Å². The SMILES string of the molecule is CCOc1ccc(NC(=NC)NCc2ncccc2C)cc1OC. The minimum atomic E-state index is 0.593. The van der Waals surface area contributed by atoms with Gasteiger partial charge in [-0.1, -0.05) is 6.07 Å². The van der Waals surface area contributed by atoms with Crippen molar-refractivity contribution in [3.8, 4) is 11.5 Å². The number of rotatable bonds is 6. The van der Waals surface area contributed by atoms with E-state index < -0.39 is 0 Å². The third-order valence-electron chi connectivity index (χ3n) is 3.49. The zero-order valence-corrected chi connectivity index (χ0v) is 14.6. The van der Waals surface area contributed by atoms with E-state index in [-0.39, 0.29) is 0 Å². The van der Waals surface area contributed by atoms with Gasteiger partial charge in [0.05, 0.1) is 26.0 Å². The number of pyridine rings is 1. The second-order valence-corrected chi connectivity index (χ2v) is 5.12. The van der Waals surface area contributed by atoms with Crippen molar-refractivity contribution in [3.05, 3.63) is 47.8 Å². The molecule has 6 heteroatoms. The molecule has 128 valence electrons. The van der Waals surface area contributed by atoms with Gasteiger partial charge in [-0.3, -0.25) is 9.98 Å². The van der Waals surface area contributed by atoms with Crippen molar-refractivity contribution >= 4 is 11.6 Å². The number of hydrogen-bond donors (Lipinski definition) is 2. The Kier molecular flexibility index (Phi) is 6.42. The van der Waals surface area contributed by atoms with Crippen LogP contribution in [0, 0.1) is 6.92 Å². The Morgan fingerprint density at radius 3 is 2.75 bits per heavy atom. The molecular weight excluding hydrogens is 304 g/mol. The molecule has 1 aromatic carbocycles. The summed E-state index contributed by atoms with van der Waals surface area (Å²) in [6.45, 7) is 5.17. The van der Waals surface area contributed by atoms with E-state index in [1.165, 1.54) is 0 Å². The summed E-state index contributed by atoms with van der Waals surface area (Å²) in [6, 6.07) is 9.65. The van der Waals surface area contributed by atoms with Gasteiger partial charge in [0.1, 0.15) is 0 Å². The van der Waals surface area contributed by atoms with Crippen LogP contribution in [0.5, 0.6) is 11.5 Å². The van der Waals surface area contributed by atoms with Crippen molar-refractivity contribution in [2.45, 2.75) is 20.4 Å². The van der Waals surface area contributed by atoms with Crippen LogP contribution in [0.15, 0.2) is 41.5 Å². The molecule has 0 fully saturated rings. The molecule has 0 radical (unpaired) electrons. The Morgan fingerprint density at radius 1 is 1.25 bits per heavy atom. The third kappa shape index (κ3) is 4.62. The van der Waals surface area contributed by atoms with Crippen molar-refractivity contribution in [3.63, 3.8) is 0 Å². The van der Waals surface area contributed by atoms with Crippen molar-refractivity contribution in [1.82, 2.24) is 10.3 Å². The van der Waals surface area contributed by atoms with Crippen LogP contribution >= 0.6 is 0 Å². The number of hydrogen-bond acceptors (Lipinski definition) is 4. The van der Waals surface area contributed by atoms with Gasteiger partial charge in [-0.2, -0.15) is 0 Å². The highest BCUT2D eigenvalue weighted by molar-refractivity contribution is 5.93. The average Bonchev–Trinajstić information content (AvgIpc) is 2.61. The molecule has 0 saturated heterocycles. The van der Waals surface area contributed by atoms with Gasteiger partial charge in [-0.25, -0.2) is 0 Å². The molecule has 0 aliphatic carbocycles. The largest absolute Gasteiger partial charge is 0.493 e. The topological polar surface area (TPSA) is 67.8 Å². The van der Waals surface area contributed by atoms with Crippen LogP contribution in [0.3, 0.4) is 0 Å². The number of aliphatic imine (C=N–C) groups is 1. The predicted octanol–water partition coefficient (Wildman–Crippen LogP) is 2.98. The van der Waals surface area contributed by atoms with Gasteiger partial charge in [-0.05, 0) is 37.6 Å². The molecule has 0 amide bonds. The molecule has 1 aromatic heterocycles. The molecule has 0 atom stereocenters. The van der Waals surface area contributed by atoms with E-state index in [1.54, 1.807) is 20.4 Å². The van der Waals surface area contributed by atoms with Crippen molar-refractivity contribution in [1.29, 1.82) is 0 Å². The zero-order chi connectivity index (χ0) is 17.4. The minimum absolute atomic E-state index is 0.593. The molecule has 2 N–H and O–H groups in total. The average molecular weight is 328 g/mol. The lowest BCUT2D eigenvalue weighted by Gasteiger charge is -2.15. The first-order valence-corrected chi connectivity index (χ1v) is 7.87. The van der Waals surface area contributed by atoms with Crippen LogP contribution in [0.2, 0.25) is 0 Å². The van der Waals surface area contributed by atoms with E-state index in [9.17, 15) is 0 Å². The van der Waals surface area contributed by atoms with Gasteiger partial charge in [-0.15, -0.1) is 0 Å². The smallest absolute Gasteiger partial charge is 0.195 e. The van der Waals surface area contributed by atoms with Crippen LogP contribution < -0.4 is 20.1 Å². The molecule has 1 heterocycles. The van der Waals surface area contributed by atoms with Gasteiger partial charge < -0.3 is 20.1 Å². The van der Waals surface area contributed by atoms with Gasteiger partial charge in [0.25, 0.3) is 0 Å². The number of anilines is 1. The van der Waals surface area contributed by atoms with Crippen molar-refractivity contribution in [2.75, 3.05) is 26.1 Å². The lowest BCUT2D eigenvalue weighted by Crippen LogP contribution is -2.30. The fourth-order valence-corrected chi connectivity index (χ4v) is 2.21. The summed E-state index contributed by atoms with van der Waals surface area (Å²) < 4.78 is 10.9. The predicted molar refractivity (Wildman–Crippen MR) is 97.0 cm³/mol. The quantitative estimate of drug-likeness (QED) is 0.630. The highest BCUT2D eigenvalue weighted by atomic mass is 16.5. The number of aromatic nitrogens is 1. The summed E-state index contributed by atoms with van der Waals surface area (Å²) in [5, 5.41) is 6.49. The normalized spacial score (nSPS) is 11.1. The Hall–Kier alpha value is -2.76. The summed E-state index contributed by atoms with van der Waals surface area (Å²) in [5.41, 5.74) is 2.99. The molecule has 0 unspecified atom stereocenters. The number of aryl methyl sites for hydroxylation is 1. The van der Waals surface area contributed by atoms with Crippen LogP contribution in [-0.2, 0) is 6.54 Å². The van der Waals surface area contributed by atoms with Gasteiger partial charge in [0.2, 0.25) is 0 Å². The number of ether oxygens (including phenoxy) is 2. The summed E-state index contributed by atoms with van der Waals surface area (Å²) >= 11 is 0. The molecule has 6 nitrogen and oxygen atoms in total. The highest BCUT2D eigenvalue weighted by Crippen LogP contribution is 2.30. The Labute approximate surface area is 142 Å². The number of benzene rings is 1. The molecule has 24 heavy (non-hydrogen) atoms. The number of nitrogens with one attached hydrogen (secondary N) is 2. The molecule has 0 bridgehead atoms. The second-order valence-electron chi connectivity index (χ2n) is 5.12. The van der Waals surface area contributed by atoms with Crippen LogP contribution in [0.4, 0.5) is 5.69 Å². The maximum Gasteiger partial charge on any atom is 0.195 e. The molecule has 0 saturated carbocycles. The zero-order valence-electron chi connectivity index (χ0n) is 14.6. The molecule has 2 aromatic rings. The van der Waals surface area contributed by atoms with Crippen LogP contribution in [-0.4, -0.2) is 31.7 Å². The molecule has 0 spiro atoms. The Balaban J connectivity index is 2.04. The third-order valence-corrected chi connectivity index (χ3v) is 3.49. The lowest BCUT2D eigenvalue weighted by atomic mass is 10.2. The lowest BCUT2D eigenvalue weighted by molar-refractivity contribution is 0.311. The summed E-state index contributed by atoms with van der Waals surface area (Å²) in [4.78, 5) is 8.61. The van der Waals surface area contributed by atoms with Gasteiger partial charge in [0, 0.05) is 25.0 Å². The number of nitrogens with zero attached hydrogens (tertiary/aromatic N) is 2. The first-order chi connectivity index (χ1) is 11.7. The van der Waals surface area contributed by atoms with E-state index in [0.717, 1.165) is 22.7 Å². The monoisotopic (exact) mass is 328 g/mol. The van der Waals surface area contributed by atoms with Gasteiger partial charge >= 0.3 is 0 Å². The minimum Gasteiger partial charge on any atom is -0.493 e. The van der Waals surface area contributed by atoms with Crippen molar-refractivity contribution < 1.29 is 9.47 Å².